The van der Waals surface area contributed by atoms with E-state index in [1.54, 1.807) is 30.3 Å². The third-order valence-electron chi connectivity index (χ3n) is 3.71. The smallest absolute Gasteiger partial charge is 0.244 e. The molecule has 0 aliphatic carbocycles. The fourth-order valence-corrected chi connectivity index (χ4v) is 4.99. The molecule has 1 amide bonds. The second-order valence-corrected chi connectivity index (χ2v) is 8.12. The van der Waals surface area contributed by atoms with Crippen molar-refractivity contribution in [1.82, 2.24) is 9.29 Å². The van der Waals surface area contributed by atoms with Crippen LogP contribution in [0.3, 0.4) is 0 Å². The topological polar surface area (TPSA) is 79.4 Å². The van der Waals surface area contributed by atoms with Gasteiger partial charge in [-0.25, -0.2) is 13.4 Å². The Kier molecular flexibility index (Phi) is 4.47. The van der Waals surface area contributed by atoms with Gasteiger partial charge in [-0.1, -0.05) is 18.2 Å². The van der Waals surface area contributed by atoms with E-state index in [-0.39, 0.29) is 10.8 Å². The molecule has 1 aliphatic rings. The van der Waals surface area contributed by atoms with Crippen LogP contribution in [0.15, 0.2) is 40.6 Å². The minimum Gasteiger partial charge on any atom is -0.301 e. The van der Waals surface area contributed by atoms with E-state index in [4.69, 9.17) is 0 Å². The highest BCUT2D eigenvalue weighted by Crippen LogP contribution is 2.27. The van der Waals surface area contributed by atoms with Crippen molar-refractivity contribution in [3.63, 3.8) is 0 Å². The Morgan fingerprint density at radius 2 is 2.09 bits per heavy atom. The molecule has 1 saturated heterocycles. The first-order valence-corrected chi connectivity index (χ1v) is 9.60. The second kappa shape index (κ2) is 6.38. The second-order valence-electron chi connectivity index (χ2n) is 5.37. The number of benzene rings is 1. The monoisotopic (exact) mass is 351 g/mol. The Balaban J connectivity index is 1.81. The van der Waals surface area contributed by atoms with E-state index < -0.39 is 16.1 Å². The van der Waals surface area contributed by atoms with Crippen LogP contribution < -0.4 is 5.32 Å². The van der Waals surface area contributed by atoms with Crippen LogP contribution in [0.2, 0.25) is 0 Å². The normalized spacial score (nSPS) is 18.9. The molecule has 1 fully saturated rings. The summed E-state index contributed by atoms with van der Waals surface area (Å²) in [5, 5.41) is 5.05. The van der Waals surface area contributed by atoms with Gasteiger partial charge in [-0.2, -0.15) is 4.31 Å². The number of sulfonamides is 1. The Labute approximate surface area is 139 Å². The van der Waals surface area contributed by atoms with Gasteiger partial charge in [0.25, 0.3) is 0 Å². The number of aromatic nitrogens is 1. The number of rotatable bonds is 4. The molecule has 0 bridgehead atoms. The maximum Gasteiger partial charge on any atom is 0.244 e. The molecule has 6 nitrogen and oxygen atoms in total. The summed E-state index contributed by atoms with van der Waals surface area (Å²) < 4.78 is 26.8. The van der Waals surface area contributed by atoms with Crippen LogP contribution in [0.4, 0.5) is 5.13 Å². The van der Waals surface area contributed by atoms with Crippen molar-refractivity contribution >= 4 is 32.4 Å². The van der Waals surface area contributed by atoms with Gasteiger partial charge in [-0.15, -0.1) is 11.3 Å². The van der Waals surface area contributed by atoms with Crippen molar-refractivity contribution in [2.75, 3.05) is 11.9 Å². The highest BCUT2D eigenvalue weighted by Gasteiger charge is 2.39. The number of thiazole rings is 1. The Hall–Kier alpha value is -1.77. The average Bonchev–Trinajstić information content (AvgIpc) is 3.17. The largest absolute Gasteiger partial charge is 0.301 e. The van der Waals surface area contributed by atoms with E-state index >= 15 is 0 Å². The number of aryl methyl sites for hydroxylation is 1. The van der Waals surface area contributed by atoms with Crippen molar-refractivity contribution in [3.05, 3.63) is 41.4 Å². The van der Waals surface area contributed by atoms with Crippen LogP contribution >= 0.6 is 11.3 Å². The Morgan fingerprint density at radius 1 is 1.35 bits per heavy atom. The van der Waals surface area contributed by atoms with Gasteiger partial charge >= 0.3 is 0 Å². The van der Waals surface area contributed by atoms with Crippen LogP contribution in [-0.2, 0) is 14.8 Å². The summed E-state index contributed by atoms with van der Waals surface area (Å²) in [6.07, 6.45) is 1.18. The van der Waals surface area contributed by atoms with Gasteiger partial charge in [0.1, 0.15) is 6.04 Å². The number of amides is 1. The lowest BCUT2D eigenvalue weighted by Crippen LogP contribution is -2.43. The summed E-state index contributed by atoms with van der Waals surface area (Å²) >= 11 is 1.33. The molecule has 122 valence electrons. The molecule has 0 unspecified atom stereocenters. The van der Waals surface area contributed by atoms with Crippen LogP contribution in [0.25, 0.3) is 0 Å². The van der Waals surface area contributed by atoms with Gasteiger partial charge in [0.2, 0.25) is 15.9 Å². The van der Waals surface area contributed by atoms with Gasteiger partial charge in [0, 0.05) is 11.9 Å². The Morgan fingerprint density at radius 3 is 2.74 bits per heavy atom. The van der Waals surface area contributed by atoms with Crippen molar-refractivity contribution in [3.8, 4) is 0 Å². The third kappa shape index (κ3) is 3.29. The van der Waals surface area contributed by atoms with E-state index in [0.29, 0.717) is 24.5 Å². The number of anilines is 1. The maximum atomic E-state index is 12.7. The number of carbonyl (C=O) groups excluding carboxylic acids is 1. The fraction of sp³-hybridized carbons (Fsp3) is 0.333. The number of hydrogen-bond acceptors (Lipinski definition) is 5. The molecule has 0 radical (unpaired) electrons. The molecular formula is C15H17N3O3S2. The lowest BCUT2D eigenvalue weighted by atomic mass is 10.2. The molecule has 3 rings (SSSR count). The van der Waals surface area contributed by atoms with Crippen molar-refractivity contribution < 1.29 is 13.2 Å². The van der Waals surface area contributed by atoms with Gasteiger partial charge in [0.05, 0.1) is 10.6 Å². The van der Waals surface area contributed by atoms with Gasteiger partial charge < -0.3 is 5.32 Å². The SMILES string of the molecule is Cc1csc(NC(=O)[C@H]2CCCN2S(=O)(=O)c2ccccc2)n1. The van der Waals surface area contributed by atoms with Crippen LogP contribution in [0, 0.1) is 6.92 Å². The molecule has 0 spiro atoms. The summed E-state index contributed by atoms with van der Waals surface area (Å²) in [6.45, 7) is 2.19. The van der Waals surface area contributed by atoms with Crippen molar-refractivity contribution in [2.45, 2.75) is 30.7 Å². The lowest BCUT2D eigenvalue weighted by Gasteiger charge is -2.23. The zero-order valence-corrected chi connectivity index (χ0v) is 14.2. The van der Waals surface area contributed by atoms with Crippen LogP contribution in [-0.4, -0.2) is 36.2 Å². The summed E-state index contributed by atoms with van der Waals surface area (Å²) in [7, 11) is -3.66. The van der Waals surface area contributed by atoms with Crippen molar-refractivity contribution in [2.24, 2.45) is 0 Å². The van der Waals surface area contributed by atoms with Crippen LogP contribution in [0.1, 0.15) is 18.5 Å². The molecule has 1 aromatic heterocycles. The molecule has 1 aliphatic heterocycles. The van der Waals surface area contributed by atoms with Crippen LogP contribution in [0.5, 0.6) is 0 Å². The number of carbonyl (C=O) groups is 1. The summed E-state index contributed by atoms with van der Waals surface area (Å²) in [6, 6.07) is 7.52. The minimum atomic E-state index is -3.66. The van der Waals surface area contributed by atoms with E-state index in [9.17, 15) is 13.2 Å². The third-order valence-corrected chi connectivity index (χ3v) is 6.50. The Bertz CT molecular complexity index is 802. The molecule has 8 heteroatoms. The maximum absolute atomic E-state index is 12.7. The minimum absolute atomic E-state index is 0.213. The van der Waals surface area contributed by atoms with Gasteiger partial charge in [0.15, 0.2) is 5.13 Å². The standard InChI is InChI=1S/C15H17N3O3S2/c1-11-10-22-15(16-11)17-14(19)13-8-5-9-18(13)23(20,21)12-6-3-2-4-7-12/h2-4,6-7,10,13H,5,8-9H2,1H3,(H,16,17,19)/t13-/m1/s1. The number of nitrogens with zero attached hydrogens (tertiary/aromatic N) is 2. The first-order chi connectivity index (χ1) is 11.0. The molecule has 2 aromatic rings. The highest BCUT2D eigenvalue weighted by atomic mass is 32.2. The first-order valence-electron chi connectivity index (χ1n) is 7.28. The molecule has 1 atom stereocenters. The fourth-order valence-electron chi connectivity index (χ4n) is 2.62. The van der Waals surface area contributed by atoms with Gasteiger partial charge in [-0.05, 0) is 31.9 Å². The molecule has 23 heavy (non-hydrogen) atoms. The lowest BCUT2D eigenvalue weighted by molar-refractivity contribution is -0.119. The quantitative estimate of drug-likeness (QED) is 0.916. The number of nitrogens with one attached hydrogen (secondary N) is 1. The van der Waals surface area contributed by atoms with E-state index in [1.165, 1.54) is 15.6 Å². The van der Waals surface area contributed by atoms with Crippen molar-refractivity contribution in [1.29, 1.82) is 0 Å². The molecule has 1 aromatic carbocycles. The molecular weight excluding hydrogens is 334 g/mol. The zero-order valence-electron chi connectivity index (χ0n) is 12.6. The summed E-state index contributed by atoms with van der Waals surface area (Å²) in [4.78, 5) is 16.9. The summed E-state index contributed by atoms with van der Waals surface area (Å²) in [5.74, 6) is -0.323. The predicted molar refractivity (Wildman–Crippen MR) is 88.8 cm³/mol. The first kappa shape index (κ1) is 16.1. The number of hydrogen-bond donors (Lipinski definition) is 1. The summed E-state index contributed by atoms with van der Waals surface area (Å²) in [5.41, 5.74) is 0.825. The highest BCUT2D eigenvalue weighted by molar-refractivity contribution is 7.89. The zero-order chi connectivity index (χ0) is 16.4. The molecule has 1 N–H and O–H groups in total. The van der Waals surface area contributed by atoms with E-state index in [0.717, 1.165) is 5.69 Å². The molecule has 2 heterocycles. The van der Waals surface area contributed by atoms with E-state index in [1.807, 2.05) is 12.3 Å². The van der Waals surface area contributed by atoms with E-state index in [2.05, 4.69) is 10.3 Å². The van der Waals surface area contributed by atoms with Gasteiger partial charge in [-0.3, -0.25) is 4.79 Å². The average molecular weight is 351 g/mol. The predicted octanol–water partition coefficient (Wildman–Crippen LogP) is 2.24. The molecule has 0 saturated carbocycles.